The number of rotatable bonds is 7. The highest BCUT2D eigenvalue weighted by Crippen LogP contribution is 2.31. The van der Waals surface area contributed by atoms with Gasteiger partial charge in [0.25, 0.3) is 0 Å². The number of nitro benzene ring substituents is 1. The first-order chi connectivity index (χ1) is 8.20. The SMILES string of the molecule is COCCCNc1cccc(NN)c1[N+](=O)[O-]. The van der Waals surface area contributed by atoms with Crippen molar-refractivity contribution in [1.82, 2.24) is 0 Å². The number of nitrogens with zero attached hydrogens (tertiary/aromatic N) is 1. The highest BCUT2D eigenvalue weighted by atomic mass is 16.6. The maximum Gasteiger partial charge on any atom is 0.316 e. The van der Waals surface area contributed by atoms with E-state index in [-0.39, 0.29) is 11.4 Å². The molecule has 0 saturated carbocycles. The largest absolute Gasteiger partial charge is 0.385 e. The van der Waals surface area contributed by atoms with Gasteiger partial charge in [0.15, 0.2) is 0 Å². The lowest BCUT2D eigenvalue weighted by atomic mass is 10.2. The lowest BCUT2D eigenvalue weighted by molar-refractivity contribution is -0.383. The fraction of sp³-hybridized carbons (Fsp3) is 0.400. The molecule has 0 fully saturated rings. The zero-order chi connectivity index (χ0) is 12.7. The predicted molar refractivity (Wildman–Crippen MR) is 65.9 cm³/mol. The number of nitrogens with one attached hydrogen (secondary N) is 2. The van der Waals surface area contributed by atoms with Crippen molar-refractivity contribution in [2.75, 3.05) is 31.0 Å². The fourth-order valence-electron chi connectivity index (χ4n) is 1.44. The number of hydrogen-bond donors (Lipinski definition) is 3. The van der Waals surface area contributed by atoms with Gasteiger partial charge in [-0.3, -0.25) is 16.0 Å². The Balaban J connectivity index is 2.79. The van der Waals surface area contributed by atoms with Crippen LogP contribution in [0.1, 0.15) is 6.42 Å². The summed E-state index contributed by atoms with van der Waals surface area (Å²) in [6.45, 7) is 1.21. The average Bonchev–Trinajstić information content (AvgIpc) is 2.33. The maximum absolute atomic E-state index is 10.9. The third-order valence-electron chi connectivity index (χ3n) is 2.21. The molecule has 1 rings (SSSR count). The Morgan fingerprint density at radius 3 is 2.76 bits per heavy atom. The van der Waals surface area contributed by atoms with E-state index in [1.807, 2.05) is 0 Å². The fourth-order valence-corrected chi connectivity index (χ4v) is 1.44. The summed E-state index contributed by atoms with van der Waals surface area (Å²) in [5.74, 6) is 5.23. The van der Waals surface area contributed by atoms with Crippen LogP contribution in [-0.2, 0) is 4.74 Å². The third-order valence-corrected chi connectivity index (χ3v) is 2.21. The van der Waals surface area contributed by atoms with Gasteiger partial charge < -0.3 is 15.5 Å². The van der Waals surface area contributed by atoms with E-state index in [0.29, 0.717) is 18.8 Å². The summed E-state index contributed by atoms with van der Waals surface area (Å²) in [6.07, 6.45) is 0.772. The standard InChI is InChI=1S/C10H16N4O3/c1-17-7-3-6-12-8-4-2-5-9(13-11)10(8)14(15)16/h2,4-5,12-13H,3,6-7,11H2,1H3. The first-order valence-corrected chi connectivity index (χ1v) is 5.17. The Morgan fingerprint density at radius 2 is 2.18 bits per heavy atom. The number of benzene rings is 1. The maximum atomic E-state index is 10.9. The molecule has 17 heavy (non-hydrogen) atoms. The second-order valence-corrected chi connectivity index (χ2v) is 3.38. The van der Waals surface area contributed by atoms with Gasteiger partial charge in [-0.05, 0) is 18.6 Å². The summed E-state index contributed by atoms with van der Waals surface area (Å²) in [6, 6.07) is 4.89. The molecule has 4 N–H and O–H groups in total. The molecule has 0 atom stereocenters. The van der Waals surface area contributed by atoms with Crippen molar-refractivity contribution in [3.8, 4) is 0 Å². The van der Waals surface area contributed by atoms with Crippen LogP contribution in [0.5, 0.6) is 0 Å². The van der Waals surface area contributed by atoms with Crippen molar-refractivity contribution in [3.63, 3.8) is 0 Å². The van der Waals surface area contributed by atoms with Gasteiger partial charge in [0.2, 0.25) is 0 Å². The zero-order valence-electron chi connectivity index (χ0n) is 9.60. The summed E-state index contributed by atoms with van der Waals surface area (Å²) in [5.41, 5.74) is 2.99. The topological polar surface area (TPSA) is 102 Å². The van der Waals surface area contributed by atoms with Crippen LogP contribution in [0.3, 0.4) is 0 Å². The van der Waals surface area contributed by atoms with Crippen LogP contribution >= 0.6 is 0 Å². The van der Waals surface area contributed by atoms with E-state index in [0.717, 1.165) is 6.42 Å². The Morgan fingerprint density at radius 1 is 1.47 bits per heavy atom. The molecule has 0 radical (unpaired) electrons. The summed E-state index contributed by atoms with van der Waals surface area (Å²) < 4.78 is 4.90. The highest BCUT2D eigenvalue weighted by molar-refractivity contribution is 5.75. The second kappa shape index (κ2) is 6.66. The van der Waals surface area contributed by atoms with Crippen LogP contribution in [0.25, 0.3) is 0 Å². The number of nitrogens with two attached hydrogens (primary N) is 1. The quantitative estimate of drug-likeness (QED) is 0.287. The summed E-state index contributed by atoms with van der Waals surface area (Å²) in [4.78, 5) is 10.5. The van der Waals surface area contributed by atoms with Gasteiger partial charge in [-0.1, -0.05) is 6.07 Å². The summed E-state index contributed by atoms with van der Waals surface area (Å²) in [5, 5.41) is 13.9. The smallest absolute Gasteiger partial charge is 0.316 e. The molecule has 0 bridgehead atoms. The van der Waals surface area contributed by atoms with E-state index in [2.05, 4.69) is 10.7 Å². The third kappa shape index (κ3) is 3.58. The number of para-hydroxylation sites is 1. The molecule has 94 valence electrons. The highest BCUT2D eigenvalue weighted by Gasteiger charge is 2.18. The number of hydrogen-bond acceptors (Lipinski definition) is 6. The minimum absolute atomic E-state index is 0.0487. The number of nitro groups is 1. The lowest BCUT2D eigenvalue weighted by Gasteiger charge is -2.09. The second-order valence-electron chi connectivity index (χ2n) is 3.38. The molecule has 0 aliphatic rings. The number of anilines is 2. The molecule has 7 nitrogen and oxygen atoms in total. The summed E-state index contributed by atoms with van der Waals surface area (Å²) in [7, 11) is 1.61. The molecule has 0 amide bonds. The average molecular weight is 240 g/mol. The van der Waals surface area contributed by atoms with E-state index in [9.17, 15) is 10.1 Å². The molecule has 1 aromatic rings. The van der Waals surface area contributed by atoms with Gasteiger partial charge in [0.1, 0.15) is 11.4 Å². The summed E-state index contributed by atoms with van der Waals surface area (Å²) >= 11 is 0. The Hall–Kier alpha value is -1.86. The van der Waals surface area contributed by atoms with E-state index >= 15 is 0 Å². The number of nitrogen functional groups attached to an aromatic ring is 1. The van der Waals surface area contributed by atoms with Crippen molar-refractivity contribution < 1.29 is 9.66 Å². The first-order valence-electron chi connectivity index (χ1n) is 5.17. The van der Waals surface area contributed by atoms with Gasteiger partial charge in [-0.2, -0.15) is 0 Å². The van der Waals surface area contributed by atoms with Crippen molar-refractivity contribution in [2.45, 2.75) is 6.42 Å². The van der Waals surface area contributed by atoms with Crippen LogP contribution in [0.15, 0.2) is 18.2 Å². The minimum Gasteiger partial charge on any atom is -0.385 e. The molecule has 0 aliphatic carbocycles. The Labute approximate surface area is 99.1 Å². The predicted octanol–water partition coefficient (Wildman–Crippen LogP) is 1.33. The van der Waals surface area contributed by atoms with Crippen LogP contribution in [0.2, 0.25) is 0 Å². The van der Waals surface area contributed by atoms with Crippen molar-refractivity contribution in [2.24, 2.45) is 5.84 Å². The molecular weight excluding hydrogens is 224 g/mol. The number of hydrazine groups is 1. The molecular formula is C10H16N4O3. The normalized spacial score (nSPS) is 10.0. The molecule has 0 heterocycles. The van der Waals surface area contributed by atoms with Crippen molar-refractivity contribution in [3.05, 3.63) is 28.3 Å². The van der Waals surface area contributed by atoms with E-state index < -0.39 is 4.92 Å². The van der Waals surface area contributed by atoms with Gasteiger partial charge in [-0.25, -0.2) is 0 Å². The molecule has 1 aromatic carbocycles. The lowest BCUT2D eigenvalue weighted by Crippen LogP contribution is -2.12. The molecule has 0 spiro atoms. The molecule has 0 saturated heterocycles. The van der Waals surface area contributed by atoms with Gasteiger partial charge in [0.05, 0.1) is 4.92 Å². The van der Waals surface area contributed by atoms with Crippen LogP contribution in [0.4, 0.5) is 17.1 Å². The van der Waals surface area contributed by atoms with Gasteiger partial charge in [0, 0.05) is 20.3 Å². The monoisotopic (exact) mass is 240 g/mol. The zero-order valence-corrected chi connectivity index (χ0v) is 9.60. The van der Waals surface area contributed by atoms with Crippen LogP contribution in [-0.4, -0.2) is 25.2 Å². The first kappa shape index (κ1) is 13.2. The molecule has 0 aliphatic heterocycles. The van der Waals surface area contributed by atoms with Crippen LogP contribution < -0.4 is 16.6 Å². The molecule has 0 aromatic heterocycles. The molecule has 0 unspecified atom stereocenters. The Bertz CT molecular complexity index is 384. The number of methoxy groups -OCH3 is 1. The van der Waals surface area contributed by atoms with Gasteiger partial charge in [-0.15, -0.1) is 0 Å². The van der Waals surface area contributed by atoms with E-state index in [1.54, 1.807) is 25.3 Å². The van der Waals surface area contributed by atoms with Crippen molar-refractivity contribution in [1.29, 1.82) is 0 Å². The van der Waals surface area contributed by atoms with Gasteiger partial charge >= 0.3 is 5.69 Å². The molecule has 7 heteroatoms. The van der Waals surface area contributed by atoms with Crippen LogP contribution in [0, 0.1) is 10.1 Å². The Kier molecular flexibility index (Phi) is 5.18. The van der Waals surface area contributed by atoms with E-state index in [1.165, 1.54) is 0 Å². The minimum atomic E-state index is -0.464. The number of ether oxygens (including phenoxy) is 1. The van der Waals surface area contributed by atoms with E-state index in [4.69, 9.17) is 10.6 Å². The van der Waals surface area contributed by atoms with Crippen molar-refractivity contribution >= 4 is 17.1 Å².